The van der Waals surface area contributed by atoms with Crippen molar-refractivity contribution >= 4 is 35.2 Å². The molecule has 2 rings (SSSR count). The molecule has 1 saturated heterocycles. The molecule has 23 heavy (non-hydrogen) atoms. The van der Waals surface area contributed by atoms with E-state index >= 15 is 0 Å². The quantitative estimate of drug-likeness (QED) is 0.768. The Hall–Kier alpha value is -2.35. The molecular weight excluding hydrogens is 329 g/mol. The number of amides is 3. The maximum atomic E-state index is 13.2. The third kappa shape index (κ3) is 3.70. The van der Waals surface area contributed by atoms with E-state index in [-0.39, 0.29) is 18.0 Å². The number of carboxylic acid groups (broad SMARTS) is 1. The van der Waals surface area contributed by atoms with Crippen LogP contribution in [0.3, 0.4) is 0 Å². The average molecular weight is 344 g/mol. The van der Waals surface area contributed by atoms with Crippen molar-refractivity contribution in [1.82, 2.24) is 10.6 Å². The van der Waals surface area contributed by atoms with Crippen LogP contribution in [-0.2, 0) is 9.59 Å². The summed E-state index contributed by atoms with van der Waals surface area (Å²) in [5.74, 6) is -1.57. The van der Waals surface area contributed by atoms with Crippen molar-refractivity contribution in [2.24, 2.45) is 0 Å². The highest BCUT2D eigenvalue weighted by molar-refractivity contribution is 6.31. The van der Waals surface area contributed by atoms with Crippen LogP contribution in [0.2, 0.25) is 5.02 Å². The molecule has 124 valence electrons. The summed E-state index contributed by atoms with van der Waals surface area (Å²) in [7, 11) is 0. The lowest BCUT2D eigenvalue weighted by atomic mass is 10.1. The lowest BCUT2D eigenvalue weighted by Gasteiger charge is -2.24. The summed E-state index contributed by atoms with van der Waals surface area (Å²) in [6, 6.07) is 2.05. The number of hydrogen-bond donors (Lipinski definition) is 3. The SMILES string of the molecule is CCN(C(=O)[C@@H]1C[C@H](NC(=O)O)C(=O)N1)c1ccc(F)c(Cl)c1. The first-order chi connectivity index (χ1) is 10.8. The van der Waals surface area contributed by atoms with Crippen molar-refractivity contribution in [2.75, 3.05) is 11.4 Å². The Morgan fingerprint density at radius 2 is 2.22 bits per heavy atom. The summed E-state index contributed by atoms with van der Waals surface area (Å²) in [5.41, 5.74) is 0.396. The Labute approximate surface area is 136 Å². The van der Waals surface area contributed by atoms with Crippen molar-refractivity contribution in [3.63, 3.8) is 0 Å². The molecule has 0 saturated carbocycles. The van der Waals surface area contributed by atoms with Crippen LogP contribution in [-0.4, -0.2) is 41.6 Å². The third-order valence-electron chi connectivity index (χ3n) is 3.50. The maximum Gasteiger partial charge on any atom is 0.405 e. The molecule has 1 aromatic carbocycles. The Kier molecular flexibility index (Phi) is 5.05. The molecule has 0 unspecified atom stereocenters. The second kappa shape index (κ2) is 6.82. The van der Waals surface area contributed by atoms with Gasteiger partial charge in [0.1, 0.15) is 17.9 Å². The van der Waals surface area contributed by atoms with Gasteiger partial charge in [0.25, 0.3) is 0 Å². The number of nitrogens with one attached hydrogen (secondary N) is 2. The Morgan fingerprint density at radius 3 is 2.78 bits per heavy atom. The molecule has 1 aliphatic rings. The number of nitrogens with zero attached hydrogens (tertiary/aromatic N) is 1. The molecule has 0 radical (unpaired) electrons. The van der Waals surface area contributed by atoms with E-state index in [1.807, 2.05) is 0 Å². The number of likely N-dealkylation sites (N-methyl/N-ethyl adjacent to an activating group) is 1. The van der Waals surface area contributed by atoms with Gasteiger partial charge in [0.05, 0.1) is 5.02 Å². The Balaban J connectivity index is 2.15. The van der Waals surface area contributed by atoms with Gasteiger partial charge in [-0.2, -0.15) is 0 Å². The summed E-state index contributed by atoms with van der Waals surface area (Å²) in [6.07, 6.45) is -1.33. The van der Waals surface area contributed by atoms with E-state index in [2.05, 4.69) is 10.6 Å². The number of carbonyl (C=O) groups excluding carboxylic acids is 2. The van der Waals surface area contributed by atoms with Crippen molar-refractivity contribution in [3.8, 4) is 0 Å². The number of hydrogen-bond acceptors (Lipinski definition) is 3. The minimum atomic E-state index is -1.34. The van der Waals surface area contributed by atoms with Crippen LogP contribution < -0.4 is 15.5 Å². The maximum absolute atomic E-state index is 13.2. The van der Waals surface area contributed by atoms with Gasteiger partial charge in [0, 0.05) is 18.7 Å². The minimum absolute atomic E-state index is 0.00932. The second-order valence-corrected chi connectivity index (χ2v) is 5.39. The molecule has 2 atom stereocenters. The van der Waals surface area contributed by atoms with Crippen LogP contribution in [0.15, 0.2) is 18.2 Å². The van der Waals surface area contributed by atoms with Gasteiger partial charge in [-0.15, -0.1) is 0 Å². The van der Waals surface area contributed by atoms with E-state index in [0.717, 1.165) is 6.07 Å². The molecular formula is C14H15ClFN3O4. The summed E-state index contributed by atoms with van der Waals surface area (Å²) in [5, 5.41) is 13.1. The van der Waals surface area contributed by atoms with Crippen LogP contribution in [0.4, 0.5) is 14.9 Å². The molecule has 0 spiro atoms. The summed E-state index contributed by atoms with van der Waals surface area (Å²) in [6.45, 7) is 2.00. The standard InChI is InChI=1S/C14H15ClFN3O4/c1-2-19(7-3-4-9(16)8(15)5-7)13(21)11-6-10(12(20)17-11)18-14(22)23/h3-5,10-11,18H,2,6H2,1H3,(H,17,20)(H,22,23)/t10-,11-/m0/s1. The second-order valence-electron chi connectivity index (χ2n) is 4.98. The zero-order valence-corrected chi connectivity index (χ0v) is 12.9. The molecule has 3 N–H and O–H groups in total. The van der Waals surface area contributed by atoms with Crippen LogP contribution in [0.25, 0.3) is 0 Å². The molecule has 0 aromatic heterocycles. The Bertz CT molecular complexity index is 655. The minimum Gasteiger partial charge on any atom is -0.465 e. The number of benzene rings is 1. The predicted octanol–water partition coefficient (Wildman–Crippen LogP) is 1.36. The predicted molar refractivity (Wildman–Crippen MR) is 80.9 cm³/mol. The fourth-order valence-electron chi connectivity index (χ4n) is 2.42. The first kappa shape index (κ1) is 17.0. The number of anilines is 1. The molecule has 0 bridgehead atoms. The van der Waals surface area contributed by atoms with E-state index in [0.29, 0.717) is 5.69 Å². The van der Waals surface area contributed by atoms with Crippen molar-refractivity contribution in [1.29, 1.82) is 0 Å². The molecule has 3 amide bonds. The topological polar surface area (TPSA) is 98.7 Å². The van der Waals surface area contributed by atoms with Gasteiger partial charge in [0.2, 0.25) is 11.8 Å². The van der Waals surface area contributed by atoms with E-state index in [1.54, 1.807) is 6.92 Å². The average Bonchev–Trinajstić information content (AvgIpc) is 2.84. The Morgan fingerprint density at radius 1 is 1.52 bits per heavy atom. The van der Waals surface area contributed by atoms with Gasteiger partial charge in [-0.05, 0) is 25.1 Å². The fourth-order valence-corrected chi connectivity index (χ4v) is 2.59. The van der Waals surface area contributed by atoms with Crippen molar-refractivity contribution < 1.29 is 23.9 Å². The first-order valence-electron chi connectivity index (χ1n) is 6.89. The van der Waals surface area contributed by atoms with Crippen LogP contribution >= 0.6 is 11.6 Å². The lowest BCUT2D eigenvalue weighted by Crippen LogP contribution is -2.44. The van der Waals surface area contributed by atoms with Gasteiger partial charge >= 0.3 is 6.09 Å². The van der Waals surface area contributed by atoms with Gasteiger partial charge in [-0.1, -0.05) is 11.6 Å². The largest absolute Gasteiger partial charge is 0.465 e. The highest BCUT2D eigenvalue weighted by Crippen LogP contribution is 2.24. The summed E-state index contributed by atoms with van der Waals surface area (Å²) in [4.78, 5) is 36.2. The normalized spacial score (nSPS) is 20.0. The van der Waals surface area contributed by atoms with Gasteiger partial charge in [-0.25, -0.2) is 9.18 Å². The highest BCUT2D eigenvalue weighted by Gasteiger charge is 2.38. The number of carbonyl (C=O) groups is 3. The fraction of sp³-hybridized carbons (Fsp3) is 0.357. The number of rotatable bonds is 4. The molecule has 1 fully saturated rings. The van der Waals surface area contributed by atoms with Crippen molar-refractivity contribution in [3.05, 3.63) is 29.0 Å². The third-order valence-corrected chi connectivity index (χ3v) is 3.79. The monoisotopic (exact) mass is 343 g/mol. The van der Waals surface area contributed by atoms with E-state index in [4.69, 9.17) is 16.7 Å². The molecule has 9 heteroatoms. The van der Waals surface area contributed by atoms with Crippen LogP contribution in [0.1, 0.15) is 13.3 Å². The summed E-state index contributed by atoms with van der Waals surface area (Å²) >= 11 is 5.72. The smallest absolute Gasteiger partial charge is 0.405 e. The van der Waals surface area contributed by atoms with E-state index < -0.39 is 35.8 Å². The van der Waals surface area contributed by atoms with Crippen LogP contribution in [0, 0.1) is 5.82 Å². The molecule has 1 aromatic rings. The van der Waals surface area contributed by atoms with Crippen molar-refractivity contribution in [2.45, 2.75) is 25.4 Å². The van der Waals surface area contributed by atoms with Gasteiger partial charge in [0.15, 0.2) is 0 Å². The van der Waals surface area contributed by atoms with Crippen LogP contribution in [0.5, 0.6) is 0 Å². The lowest BCUT2D eigenvalue weighted by molar-refractivity contribution is -0.124. The molecule has 1 aliphatic heterocycles. The molecule has 1 heterocycles. The molecule has 0 aliphatic carbocycles. The molecule has 7 nitrogen and oxygen atoms in total. The van der Waals surface area contributed by atoms with Gasteiger partial charge < -0.3 is 20.6 Å². The van der Waals surface area contributed by atoms with E-state index in [9.17, 15) is 18.8 Å². The van der Waals surface area contributed by atoms with E-state index in [1.165, 1.54) is 17.0 Å². The highest BCUT2D eigenvalue weighted by atomic mass is 35.5. The van der Waals surface area contributed by atoms with Gasteiger partial charge in [-0.3, -0.25) is 9.59 Å². The summed E-state index contributed by atoms with van der Waals surface area (Å²) < 4.78 is 13.2. The zero-order valence-electron chi connectivity index (χ0n) is 12.2. The first-order valence-corrected chi connectivity index (χ1v) is 7.27. The number of halogens is 2. The zero-order chi connectivity index (χ0) is 17.1.